The molecule has 1 fully saturated rings. The average molecular weight is 499 g/mol. The monoisotopic (exact) mass is 498 g/mol. The van der Waals surface area contributed by atoms with Crippen LogP contribution in [0, 0.1) is 0 Å². The van der Waals surface area contributed by atoms with Crippen LogP contribution in [0.1, 0.15) is 35.2 Å². The van der Waals surface area contributed by atoms with Gasteiger partial charge < -0.3 is 19.1 Å². The molecule has 1 aromatic heterocycles. The first-order valence-corrected chi connectivity index (χ1v) is 12.6. The number of hydrogen-bond donors (Lipinski definition) is 1. The quantitative estimate of drug-likeness (QED) is 0.291. The van der Waals surface area contributed by atoms with Crippen molar-refractivity contribution in [3.63, 3.8) is 0 Å². The second-order valence-electron chi connectivity index (χ2n) is 9.11. The first-order valence-electron chi connectivity index (χ1n) is 12.6. The fourth-order valence-electron chi connectivity index (χ4n) is 4.58. The zero-order valence-corrected chi connectivity index (χ0v) is 20.9. The number of hydrogen-bond acceptors (Lipinski definition) is 7. The molecule has 0 radical (unpaired) electrons. The molecule has 0 atom stereocenters. The number of methoxy groups -OCH3 is 1. The number of carbonyl (C=O) groups is 1. The van der Waals surface area contributed by atoms with Crippen molar-refractivity contribution in [3.05, 3.63) is 83.9 Å². The number of aromatic hydroxyl groups is 1. The van der Waals surface area contributed by atoms with Crippen molar-refractivity contribution >= 4 is 5.78 Å². The van der Waals surface area contributed by atoms with E-state index in [-0.39, 0.29) is 11.5 Å². The highest BCUT2D eigenvalue weighted by molar-refractivity contribution is 6.15. The standard InChI is InChI=1S/C30H30N2O5/c1-35-25-13-7-21(8-14-25)28-27(30(37-31-28)23-5-11-24(33)12-6-23)29(34)22-9-15-26(16-10-22)36-20-19-32-17-3-2-4-18-32/h5-16,33H,2-4,17-20H2,1H3. The summed E-state index contributed by atoms with van der Waals surface area (Å²) in [6, 6.07) is 21.0. The van der Waals surface area contributed by atoms with Gasteiger partial charge >= 0.3 is 0 Å². The number of phenols is 1. The van der Waals surface area contributed by atoms with E-state index in [0.717, 1.165) is 30.9 Å². The average Bonchev–Trinajstić information content (AvgIpc) is 3.39. The molecular weight excluding hydrogens is 468 g/mol. The molecule has 0 amide bonds. The highest BCUT2D eigenvalue weighted by atomic mass is 16.5. The molecule has 0 bridgehead atoms. The molecule has 37 heavy (non-hydrogen) atoms. The molecule has 0 aliphatic carbocycles. The minimum absolute atomic E-state index is 0.127. The molecule has 7 heteroatoms. The minimum atomic E-state index is -0.213. The summed E-state index contributed by atoms with van der Waals surface area (Å²) in [5.74, 6) is 1.69. The molecule has 1 aliphatic rings. The number of phenolic OH excluding ortho intramolecular Hbond substituents is 1. The normalized spacial score (nSPS) is 13.9. The molecule has 5 rings (SSSR count). The smallest absolute Gasteiger partial charge is 0.199 e. The van der Waals surface area contributed by atoms with Gasteiger partial charge in [0.2, 0.25) is 0 Å². The van der Waals surface area contributed by atoms with E-state index in [1.165, 1.54) is 19.3 Å². The Morgan fingerprint density at radius 1 is 0.892 bits per heavy atom. The summed E-state index contributed by atoms with van der Waals surface area (Å²) in [5.41, 5.74) is 2.68. The molecule has 2 heterocycles. The van der Waals surface area contributed by atoms with Crippen molar-refractivity contribution in [2.24, 2.45) is 0 Å². The van der Waals surface area contributed by atoms with Crippen LogP contribution in [0.2, 0.25) is 0 Å². The molecule has 1 N–H and O–H groups in total. The van der Waals surface area contributed by atoms with Gasteiger partial charge in [-0.15, -0.1) is 0 Å². The lowest BCUT2D eigenvalue weighted by Gasteiger charge is -2.26. The van der Waals surface area contributed by atoms with Gasteiger partial charge in [-0.05, 0) is 98.7 Å². The fraction of sp³-hybridized carbons (Fsp3) is 0.267. The lowest BCUT2D eigenvalue weighted by atomic mass is 9.95. The van der Waals surface area contributed by atoms with Gasteiger partial charge in [0.15, 0.2) is 11.5 Å². The molecule has 1 aliphatic heterocycles. The second kappa shape index (κ2) is 11.3. The van der Waals surface area contributed by atoms with Gasteiger partial charge in [0.1, 0.15) is 29.5 Å². The van der Waals surface area contributed by atoms with Gasteiger partial charge in [-0.25, -0.2) is 0 Å². The maximum atomic E-state index is 13.8. The Labute approximate surface area is 216 Å². The number of aromatic nitrogens is 1. The van der Waals surface area contributed by atoms with Crippen molar-refractivity contribution in [1.29, 1.82) is 0 Å². The summed E-state index contributed by atoms with van der Waals surface area (Å²) in [6.07, 6.45) is 3.82. The maximum Gasteiger partial charge on any atom is 0.199 e. The third kappa shape index (κ3) is 5.67. The lowest BCUT2D eigenvalue weighted by Crippen LogP contribution is -2.33. The third-order valence-electron chi connectivity index (χ3n) is 6.65. The first-order chi connectivity index (χ1) is 18.1. The van der Waals surface area contributed by atoms with Gasteiger partial charge in [-0.1, -0.05) is 11.6 Å². The van der Waals surface area contributed by atoms with E-state index in [4.69, 9.17) is 14.0 Å². The number of piperidine rings is 1. The Morgan fingerprint density at radius 3 is 2.22 bits per heavy atom. The van der Waals surface area contributed by atoms with Crippen molar-refractivity contribution in [2.45, 2.75) is 19.3 Å². The van der Waals surface area contributed by atoms with E-state index in [0.29, 0.717) is 40.5 Å². The third-order valence-corrected chi connectivity index (χ3v) is 6.65. The van der Waals surface area contributed by atoms with Crippen molar-refractivity contribution < 1.29 is 23.9 Å². The molecule has 3 aromatic carbocycles. The predicted molar refractivity (Wildman–Crippen MR) is 141 cm³/mol. The van der Waals surface area contributed by atoms with E-state index in [1.807, 2.05) is 36.4 Å². The largest absolute Gasteiger partial charge is 0.508 e. The number of ether oxygens (including phenoxy) is 2. The predicted octanol–water partition coefficient (Wildman–Crippen LogP) is 5.82. The summed E-state index contributed by atoms with van der Waals surface area (Å²) in [5, 5.41) is 14.0. The van der Waals surface area contributed by atoms with Crippen LogP contribution >= 0.6 is 0 Å². The second-order valence-corrected chi connectivity index (χ2v) is 9.11. The van der Waals surface area contributed by atoms with Crippen LogP contribution in [0.3, 0.4) is 0 Å². The van der Waals surface area contributed by atoms with Crippen LogP contribution in [0.25, 0.3) is 22.6 Å². The van der Waals surface area contributed by atoms with Gasteiger partial charge in [-0.2, -0.15) is 0 Å². The van der Waals surface area contributed by atoms with Crippen molar-refractivity contribution in [2.75, 3.05) is 33.4 Å². The highest BCUT2D eigenvalue weighted by Crippen LogP contribution is 2.35. The molecule has 0 spiro atoms. The van der Waals surface area contributed by atoms with E-state index in [1.54, 1.807) is 43.5 Å². The molecule has 190 valence electrons. The van der Waals surface area contributed by atoms with Crippen LogP contribution in [0.5, 0.6) is 17.2 Å². The van der Waals surface area contributed by atoms with E-state index in [2.05, 4.69) is 10.1 Å². The number of nitrogens with zero attached hydrogens (tertiary/aromatic N) is 2. The summed E-state index contributed by atoms with van der Waals surface area (Å²) < 4.78 is 16.9. The summed E-state index contributed by atoms with van der Waals surface area (Å²) in [4.78, 5) is 16.2. The fourth-order valence-corrected chi connectivity index (χ4v) is 4.58. The Morgan fingerprint density at radius 2 is 1.54 bits per heavy atom. The Bertz CT molecular complexity index is 1320. The topological polar surface area (TPSA) is 85.0 Å². The summed E-state index contributed by atoms with van der Waals surface area (Å²) in [6.45, 7) is 3.79. The Balaban J connectivity index is 1.40. The van der Waals surface area contributed by atoms with Crippen LogP contribution in [-0.4, -0.2) is 54.3 Å². The van der Waals surface area contributed by atoms with Gasteiger partial charge in [-0.3, -0.25) is 9.69 Å². The first kappa shape index (κ1) is 24.6. The van der Waals surface area contributed by atoms with E-state index in [9.17, 15) is 9.90 Å². The number of ketones is 1. The van der Waals surface area contributed by atoms with Crippen LogP contribution in [0.4, 0.5) is 0 Å². The zero-order valence-electron chi connectivity index (χ0n) is 20.9. The number of benzene rings is 3. The number of likely N-dealkylation sites (tertiary alicyclic amines) is 1. The van der Waals surface area contributed by atoms with Crippen LogP contribution in [0.15, 0.2) is 77.3 Å². The van der Waals surface area contributed by atoms with Crippen molar-refractivity contribution in [3.8, 4) is 39.8 Å². The maximum absolute atomic E-state index is 13.8. The molecule has 4 aromatic rings. The van der Waals surface area contributed by atoms with Gasteiger partial charge in [0.05, 0.1) is 12.7 Å². The highest BCUT2D eigenvalue weighted by Gasteiger charge is 2.26. The van der Waals surface area contributed by atoms with E-state index >= 15 is 0 Å². The lowest BCUT2D eigenvalue weighted by molar-refractivity contribution is 0.103. The summed E-state index contributed by atoms with van der Waals surface area (Å²) in [7, 11) is 1.60. The van der Waals surface area contributed by atoms with Crippen molar-refractivity contribution in [1.82, 2.24) is 10.1 Å². The van der Waals surface area contributed by atoms with Crippen LogP contribution < -0.4 is 9.47 Å². The van der Waals surface area contributed by atoms with E-state index < -0.39 is 0 Å². The SMILES string of the molecule is COc1ccc(-c2noc(-c3ccc(O)cc3)c2C(=O)c2ccc(OCCN3CCCCC3)cc2)cc1. The Hall–Kier alpha value is -4.10. The number of carbonyl (C=O) groups excluding carboxylic acids is 1. The Kier molecular flexibility index (Phi) is 7.51. The molecule has 0 saturated carbocycles. The van der Waals surface area contributed by atoms with Crippen LogP contribution in [-0.2, 0) is 0 Å². The van der Waals surface area contributed by atoms with Gasteiger partial charge in [0, 0.05) is 23.2 Å². The zero-order chi connectivity index (χ0) is 25.6. The number of rotatable bonds is 9. The minimum Gasteiger partial charge on any atom is -0.508 e. The van der Waals surface area contributed by atoms with Gasteiger partial charge in [0.25, 0.3) is 0 Å². The molecule has 7 nitrogen and oxygen atoms in total. The molecular formula is C30H30N2O5. The molecule has 1 saturated heterocycles. The summed E-state index contributed by atoms with van der Waals surface area (Å²) >= 11 is 0. The molecule has 0 unspecified atom stereocenters.